The van der Waals surface area contributed by atoms with Gasteiger partial charge < -0.3 is 14.8 Å². The summed E-state index contributed by atoms with van der Waals surface area (Å²) in [5.74, 6) is 1.28. The van der Waals surface area contributed by atoms with Crippen LogP contribution in [0.3, 0.4) is 0 Å². The summed E-state index contributed by atoms with van der Waals surface area (Å²) < 4.78 is 37.1. The van der Waals surface area contributed by atoms with E-state index in [1.807, 2.05) is 18.2 Å². The van der Waals surface area contributed by atoms with Crippen molar-refractivity contribution in [1.29, 1.82) is 0 Å². The molecule has 0 saturated carbocycles. The monoisotopic (exact) mass is 498 g/mol. The summed E-state index contributed by atoms with van der Waals surface area (Å²) in [7, 11) is -0.510. The third-order valence-corrected chi connectivity index (χ3v) is 6.73. The van der Waals surface area contributed by atoms with Crippen LogP contribution in [0.4, 0.5) is 0 Å². The summed E-state index contributed by atoms with van der Waals surface area (Å²) in [6.07, 6.45) is 0. The molecule has 9 heteroatoms. The number of carbonyl (C=O) groups excluding carboxylic acids is 1. The Balaban J connectivity index is 1.74. The lowest BCUT2D eigenvalue weighted by atomic mass is 10.0. The smallest absolute Gasteiger partial charge is 0.258 e. The summed E-state index contributed by atoms with van der Waals surface area (Å²) >= 11 is 3.46. The molecular weight excluding hydrogens is 472 g/mol. The van der Waals surface area contributed by atoms with Crippen molar-refractivity contribution in [2.24, 2.45) is 0 Å². The lowest BCUT2D eigenvalue weighted by molar-refractivity contribution is -0.123. The average molecular weight is 499 g/mol. The molecule has 164 valence electrons. The maximum absolute atomic E-state index is 12.0. The van der Waals surface area contributed by atoms with E-state index in [-0.39, 0.29) is 24.0 Å². The molecular formula is C21H27BrN2O5S. The molecule has 0 heterocycles. The molecule has 2 aromatic rings. The van der Waals surface area contributed by atoms with E-state index in [0.717, 1.165) is 8.78 Å². The van der Waals surface area contributed by atoms with E-state index in [2.05, 4.69) is 35.1 Å². The first-order valence-electron chi connectivity index (χ1n) is 9.45. The van der Waals surface area contributed by atoms with Gasteiger partial charge in [0.2, 0.25) is 10.0 Å². The van der Waals surface area contributed by atoms with Crippen LogP contribution in [-0.4, -0.2) is 52.5 Å². The maximum atomic E-state index is 12.0. The first-order valence-corrected chi connectivity index (χ1v) is 11.7. The number of amides is 1. The normalized spacial score (nSPS) is 11.6. The molecule has 1 N–H and O–H groups in total. The van der Waals surface area contributed by atoms with Gasteiger partial charge in [-0.25, -0.2) is 12.7 Å². The Morgan fingerprint density at radius 2 is 1.77 bits per heavy atom. The Labute approximate surface area is 186 Å². The zero-order valence-electron chi connectivity index (χ0n) is 17.5. The lowest BCUT2D eigenvalue weighted by Crippen LogP contribution is -2.32. The molecule has 2 aromatic carbocycles. The van der Waals surface area contributed by atoms with Crippen LogP contribution in [0.15, 0.2) is 51.8 Å². The molecule has 0 aromatic heterocycles. The predicted molar refractivity (Wildman–Crippen MR) is 120 cm³/mol. The Kier molecular flexibility index (Phi) is 8.69. The predicted octanol–water partition coefficient (Wildman–Crippen LogP) is 3.40. The molecule has 0 atom stereocenters. The van der Waals surface area contributed by atoms with Crippen LogP contribution in [0.5, 0.6) is 11.5 Å². The SMILES string of the molecule is CC(C)c1ccc(OCC(=O)NCCOc2ccc(S(=O)(=O)N(C)C)cc2)c(Br)c1. The number of rotatable bonds is 10. The minimum Gasteiger partial charge on any atom is -0.492 e. The minimum absolute atomic E-state index is 0.100. The van der Waals surface area contributed by atoms with Crippen LogP contribution in [0, 0.1) is 0 Å². The quantitative estimate of drug-likeness (QED) is 0.507. The standard InChI is InChI=1S/C21H27BrN2O5S/c1-15(2)16-5-10-20(19(22)13-16)29-14-21(25)23-11-12-28-17-6-8-18(9-7-17)30(26,27)24(3)4/h5-10,13,15H,11-12,14H2,1-4H3,(H,23,25). The van der Waals surface area contributed by atoms with Gasteiger partial charge in [-0.15, -0.1) is 0 Å². The van der Waals surface area contributed by atoms with Gasteiger partial charge in [0.15, 0.2) is 6.61 Å². The van der Waals surface area contributed by atoms with Crippen LogP contribution >= 0.6 is 15.9 Å². The van der Waals surface area contributed by atoms with Crippen LogP contribution in [0.1, 0.15) is 25.3 Å². The summed E-state index contributed by atoms with van der Waals surface area (Å²) in [5, 5.41) is 2.72. The molecule has 0 saturated heterocycles. The molecule has 30 heavy (non-hydrogen) atoms. The Morgan fingerprint density at radius 3 is 2.33 bits per heavy atom. The number of carbonyl (C=O) groups is 1. The van der Waals surface area contributed by atoms with Crippen LogP contribution in [-0.2, 0) is 14.8 Å². The minimum atomic E-state index is -3.47. The third-order valence-electron chi connectivity index (χ3n) is 4.28. The highest BCUT2D eigenvalue weighted by molar-refractivity contribution is 9.10. The average Bonchev–Trinajstić information content (AvgIpc) is 2.70. The van der Waals surface area contributed by atoms with E-state index in [1.165, 1.54) is 31.8 Å². The molecule has 0 radical (unpaired) electrons. The van der Waals surface area contributed by atoms with Gasteiger partial charge in [-0.3, -0.25) is 4.79 Å². The number of sulfonamides is 1. The Morgan fingerprint density at radius 1 is 1.10 bits per heavy atom. The molecule has 0 aliphatic heterocycles. The first kappa shape index (κ1) is 24.2. The van der Waals surface area contributed by atoms with E-state index >= 15 is 0 Å². The van der Waals surface area contributed by atoms with E-state index in [0.29, 0.717) is 24.0 Å². The van der Waals surface area contributed by atoms with Gasteiger partial charge in [-0.2, -0.15) is 0 Å². The summed E-state index contributed by atoms with van der Waals surface area (Å²) in [6.45, 7) is 4.66. The molecule has 0 bridgehead atoms. The van der Waals surface area contributed by atoms with Gasteiger partial charge in [-0.1, -0.05) is 19.9 Å². The highest BCUT2D eigenvalue weighted by atomic mass is 79.9. The number of hydrogen-bond acceptors (Lipinski definition) is 5. The second-order valence-electron chi connectivity index (χ2n) is 7.09. The molecule has 7 nitrogen and oxygen atoms in total. The Hall–Kier alpha value is -2.10. The second-order valence-corrected chi connectivity index (χ2v) is 10.1. The fourth-order valence-corrected chi connectivity index (χ4v) is 3.88. The molecule has 0 aliphatic rings. The van der Waals surface area contributed by atoms with Gasteiger partial charge in [0, 0.05) is 14.1 Å². The van der Waals surface area contributed by atoms with Gasteiger partial charge in [0.05, 0.1) is 15.9 Å². The number of hydrogen-bond donors (Lipinski definition) is 1. The zero-order chi connectivity index (χ0) is 22.3. The van der Waals surface area contributed by atoms with Crippen molar-refractivity contribution < 1.29 is 22.7 Å². The van der Waals surface area contributed by atoms with Crippen LogP contribution in [0.2, 0.25) is 0 Å². The van der Waals surface area contributed by atoms with Crippen molar-refractivity contribution in [3.8, 4) is 11.5 Å². The lowest BCUT2D eigenvalue weighted by Gasteiger charge is -2.13. The van der Waals surface area contributed by atoms with Crippen molar-refractivity contribution in [3.05, 3.63) is 52.5 Å². The highest BCUT2D eigenvalue weighted by Crippen LogP contribution is 2.28. The summed E-state index contributed by atoms with van der Waals surface area (Å²) in [6, 6.07) is 11.9. The topological polar surface area (TPSA) is 84.9 Å². The Bertz CT molecular complexity index is 960. The zero-order valence-corrected chi connectivity index (χ0v) is 19.9. The van der Waals surface area contributed by atoms with Crippen LogP contribution in [0.25, 0.3) is 0 Å². The molecule has 0 spiro atoms. The van der Waals surface area contributed by atoms with E-state index in [1.54, 1.807) is 12.1 Å². The summed E-state index contributed by atoms with van der Waals surface area (Å²) in [5.41, 5.74) is 1.18. The van der Waals surface area contributed by atoms with Crippen molar-refractivity contribution in [2.45, 2.75) is 24.7 Å². The van der Waals surface area contributed by atoms with E-state index in [9.17, 15) is 13.2 Å². The van der Waals surface area contributed by atoms with Gasteiger partial charge in [0.1, 0.15) is 18.1 Å². The van der Waals surface area contributed by atoms with Gasteiger partial charge in [0.25, 0.3) is 5.91 Å². The maximum Gasteiger partial charge on any atom is 0.258 e. The number of nitrogens with zero attached hydrogens (tertiary/aromatic N) is 1. The number of nitrogens with one attached hydrogen (secondary N) is 1. The number of halogens is 1. The van der Waals surface area contributed by atoms with E-state index in [4.69, 9.17) is 9.47 Å². The van der Waals surface area contributed by atoms with Gasteiger partial charge >= 0.3 is 0 Å². The van der Waals surface area contributed by atoms with Gasteiger partial charge in [-0.05, 0) is 63.8 Å². The number of ether oxygens (including phenoxy) is 2. The van der Waals surface area contributed by atoms with Crippen molar-refractivity contribution in [1.82, 2.24) is 9.62 Å². The van der Waals surface area contributed by atoms with Crippen LogP contribution < -0.4 is 14.8 Å². The van der Waals surface area contributed by atoms with Crippen molar-refractivity contribution in [2.75, 3.05) is 33.9 Å². The molecule has 0 unspecified atom stereocenters. The second kappa shape index (κ2) is 10.8. The molecule has 0 fully saturated rings. The fraction of sp³-hybridized carbons (Fsp3) is 0.381. The highest BCUT2D eigenvalue weighted by Gasteiger charge is 2.16. The van der Waals surface area contributed by atoms with Crippen molar-refractivity contribution in [3.63, 3.8) is 0 Å². The third kappa shape index (κ3) is 6.72. The largest absolute Gasteiger partial charge is 0.492 e. The molecule has 1 amide bonds. The summed E-state index contributed by atoms with van der Waals surface area (Å²) in [4.78, 5) is 12.1. The first-order chi connectivity index (χ1) is 14.1. The van der Waals surface area contributed by atoms with E-state index < -0.39 is 10.0 Å². The van der Waals surface area contributed by atoms with Crippen molar-refractivity contribution >= 4 is 31.9 Å². The fourth-order valence-electron chi connectivity index (χ4n) is 2.47. The molecule has 0 aliphatic carbocycles. The molecule has 2 rings (SSSR count). The number of benzene rings is 2.